The average molecular weight is 534 g/mol. The number of carbonyl (C=O) groups excluding carboxylic acids is 1. The van der Waals surface area contributed by atoms with Crippen LogP contribution in [0.3, 0.4) is 0 Å². The predicted octanol–water partition coefficient (Wildman–Crippen LogP) is 4.25. The zero-order chi connectivity index (χ0) is 24.0. The average Bonchev–Trinajstić information content (AvgIpc) is 2.79. The molecule has 33 heavy (non-hydrogen) atoms. The lowest BCUT2D eigenvalue weighted by molar-refractivity contribution is -0.119. The van der Waals surface area contributed by atoms with Gasteiger partial charge in [0, 0.05) is 5.56 Å². The van der Waals surface area contributed by atoms with Gasteiger partial charge in [0.15, 0.2) is 0 Å². The van der Waals surface area contributed by atoms with Crippen molar-refractivity contribution in [2.75, 3.05) is 18.0 Å². The molecule has 0 unspecified atom stereocenters. The Labute approximate surface area is 200 Å². The number of ether oxygens (including phenoxy) is 1. The minimum Gasteiger partial charge on any atom is -0.496 e. The molecule has 0 saturated carbocycles. The van der Waals surface area contributed by atoms with Crippen molar-refractivity contribution in [1.82, 2.24) is 5.43 Å². The Balaban J connectivity index is 1.88. The summed E-state index contributed by atoms with van der Waals surface area (Å²) in [6, 6.07) is 17.0. The van der Waals surface area contributed by atoms with Crippen molar-refractivity contribution < 1.29 is 22.3 Å². The van der Waals surface area contributed by atoms with Crippen molar-refractivity contribution in [2.24, 2.45) is 5.10 Å². The summed E-state index contributed by atoms with van der Waals surface area (Å²) in [5, 5.41) is 3.74. The Morgan fingerprint density at radius 3 is 2.48 bits per heavy atom. The first-order chi connectivity index (χ1) is 15.7. The zero-order valence-electron chi connectivity index (χ0n) is 17.8. The summed E-state index contributed by atoms with van der Waals surface area (Å²) in [6.45, 7) is 1.33. The summed E-state index contributed by atoms with van der Waals surface area (Å²) >= 11 is 3.29. The van der Waals surface area contributed by atoms with E-state index >= 15 is 0 Å². The molecule has 0 radical (unpaired) electrons. The largest absolute Gasteiger partial charge is 0.496 e. The van der Waals surface area contributed by atoms with Crippen molar-refractivity contribution in [3.8, 4) is 5.75 Å². The number of nitrogens with one attached hydrogen (secondary N) is 1. The predicted molar refractivity (Wildman–Crippen MR) is 129 cm³/mol. The zero-order valence-corrected chi connectivity index (χ0v) is 20.2. The Morgan fingerprint density at radius 2 is 1.85 bits per heavy atom. The summed E-state index contributed by atoms with van der Waals surface area (Å²) in [5.74, 6) is -0.722. The van der Waals surface area contributed by atoms with E-state index in [0.29, 0.717) is 15.9 Å². The molecular weight excluding hydrogens is 513 g/mol. The Bertz CT molecular complexity index is 1280. The molecule has 0 aliphatic rings. The van der Waals surface area contributed by atoms with Crippen LogP contribution < -0.4 is 14.5 Å². The number of nitrogens with zero attached hydrogens (tertiary/aromatic N) is 2. The van der Waals surface area contributed by atoms with Crippen LogP contribution in [-0.2, 0) is 14.8 Å². The number of anilines is 1. The van der Waals surface area contributed by atoms with Gasteiger partial charge in [0.2, 0.25) is 0 Å². The monoisotopic (exact) mass is 533 g/mol. The second-order valence-electron chi connectivity index (χ2n) is 6.96. The molecule has 0 aliphatic heterocycles. The number of hydrogen-bond donors (Lipinski definition) is 1. The van der Waals surface area contributed by atoms with Gasteiger partial charge in [-0.25, -0.2) is 18.2 Å². The Kier molecular flexibility index (Phi) is 7.83. The maximum atomic E-state index is 13.7. The van der Waals surface area contributed by atoms with Crippen molar-refractivity contribution in [3.63, 3.8) is 0 Å². The highest BCUT2D eigenvalue weighted by Gasteiger charge is 2.28. The summed E-state index contributed by atoms with van der Waals surface area (Å²) in [5.41, 5.74) is 3.67. The second kappa shape index (κ2) is 10.6. The molecule has 0 atom stereocenters. The highest BCUT2D eigenvalue weighted by atomic mass is 79.9. The summed E-state index contributed by atoms with van der Waals surface area (Å²) < 4.78 is 47.2. The van der Waals surface area contributed by atoms with Crippen LogP contribution in [0.1, 0.15) is 11.1 Å². The van der Waals surface area contributed by atoms with Gasteiger partial charge in [0.05, 0.1) is 28.4 Å². The highest BCUT2D eigenvalue weighted by molar-refractivity contribution is 9.10. The molecule has 0 aliphatic carbocycles. The molecule has 1 amide bonds. The van der Waals surface area contributed by atoms with Crippen molar-refractivity contribution in [1.29, 1.82) is 0 Å². The van der Waals surface area contributed by atoms with Crippen LogP contribution in [0.2, 0.25) is 0 Å². The SMILES string of the molecule is COc1ccc(S(=O)(=O)N(CC(=O)N/N=C\c2ccccc2F)c2ccc(C)cc2)cc1Br. The fraction of sp³-hybridized carbons (Fsp3) is 0.130. The number of benzene rings is 3. The van der Waals surface area contributed by atoms with E-state index < -0.39 is 28.3 Å². The first-order valence-electron chi connectivity index (χ1n) is 9.72. The van der Waals surface area contributed by atoms with Crippen LogP contribution in [-0.4, -0.2) is 34.2 Å². The van der Waals surface area contributed by atoms with Crippen LogP contribution in [0.4, 0.5) is 10.1 Å². The number of hydrazone groups is 1. The molecule has 0 fully saturated rings. The van der Waals surface area contributed by atoms with Crippen molar-refractivity contribution in [2.45, 2.75) is 11.8 Å². The minimum atomic E-state index is -4.12. The van der Waals surface area contributed by atoms with Crippen LogP contribution in [0.5, 0.6) is 5.75 Å². The smallest absolute Gasteiger partial charge is 0.264 e. The highest BCUT2D eigenvalue weighted by Crippen LogP contribution is 2.30. The number of rotatable bonds is 8. The van der Waals surface area contributed by atoms with Gasteiger partial charge in [-0.05, 0) is 59.3 Å². The maximum Gasteiger partial charge on any atom is 0.264 e. The van der Waals surface area contributed by atoms with E-state index in [1.165, 1.54) is 43.5 Å². The number of amides is 1. The van der Waals surface area contributed by atoms with E-state index in [1.807, 2.05) is 6.92 Å². The number of methoxy groups -OCH3 is 1. The fourth-order valence-electron chi connectivity index (χ4n) is 2.88. The molecule has 3 aromatic rings. The maximum absolute atomic E-state index is 13.7. The summed E-state index contributed by atoms with van der Waals surface area (Å²) in [7, 11) is -2.65. The van der Waals surface area contributed by atoms with Crippen LogP contribution >= 0.6 is 15.9 Å². The second-order valence-corrected chi connectivity index (χ2v) is 9.67. The Hall–Kier alpha value is -3.24. The molecule has 172 valence electrons. The number of carbonyl (C=O) groups is 1. The van der Waals surface area contributed by atoms with Gasteiger partial charge in [-0.3, -0.25) is 9.10 Å². The number of sulfonamides is 1. The summed E-state index contributed by atoms with van der Waals surface area (Å²) in [6.07, 6.45) is 1.15. The third-order valence-electron chi connectivity index (χ3n) is 4.62. The molecule has 7 nitrogen and oxygen atoms in total. The molecule has 0 bridgehead atoms. The molecule has 0 aromatic heterocycles. The first-order valence-corrected chi connectivity index (χ1v) is 11.9. The van der Waals surface area contributed by atoms with Crippen LogP contribution in [0.15, 0.2) is 81.2 Å². The standard InChI is InChI=1S/C23H21BrFN3O4S/c1-16-7-9-18(10-8-16)28(33(30,31)19-11-12-22(32-2)20(24)13-19)15-23(29)27-26-14-17-5-3-4-6-21(17)25/h3-14H,15H2,1-2H3,(H,27,29)/b26-14-. The van der Waals surface area contributed by atoms with Gasteiger partial charge in [0.25, 0.3) is 15.9 Å². The topological polar surface area (TPSA) is 88.1 Å². The Morgan fingerprint density at radius 1 is 1.15 bits per heavy atom. The van der Waals surface area contributed by atoms with Gasteiger partial charge in [-0.1, -0.05) is 35.9 Å². The van der Waals surface area contributed by atoms with Gasteiger partial charge >= 0.3 is 0 Å². The lowest BCUT2D eigenvalue weighted by Gasteiger charge is -2.24. The molecular formula is C23H21BrFN3O4S. The van der Waals surface area contributed by atoms with E-state index in [1.54, 1.807) is 30.3 Å². The number of halogens is 2. The number of hydrogen-bond acceptors (Lipinski definition) is 5. The van der Waals surface area contributed by atoms with Crippen molar-refractivity contribution >= 4 is 43.8 Å². The molecule has 3 rings (SSSR count). The van der Waals surface area contributed by atoms with Gasteiger partial charge in [-0.2, -0.15) is 5.10 Å². The molecule has 1 N–H and O–H groups in total. The quantitative estimate of drug-likeness (QED) is 0.346. The fourth-order valence-corrected chi connectivity index (χ4v) is 5.02. The normalized spacial score (nSPS) is 11.4. The van der Waals surface area contributed by atoms with E-state index in [-0.39, 0.29) is 10.5 Å². The summed E-state index contributed by atoms with van der Waals surface area (Å²) in [4.78, 5) is 12.5. The van der Waals surface area contributed by atoms with E-state index in [4.69, 9.17) is 4.74 Å². The van der Waals surface area contributed by atoms with Crippen molar-refractivity contribution in [3.05, 3.63) is 88.1 Å². The molecule has 3 aromatic carbocycles. The first kappa shape index (κ1) is 24.4. The van der Waals surface area contributed by atoms with Crippen LogP contribution in [0, 0.1) is 12.7 Å². The van der Waals surface area contributed by atoms with E-state index in [9.17, 15) is 17.6 Å². The third-order valence-corrected chi connectivity index (χ3v) is 7.01. The molecule has 0 spiro atoms. The van der Waals surface area contributed by atoms with Gasteiger partial charge in [-0.15, -0.1) is 0 Å². The minimum absolute atomic E-state index is 0.0293. The van der Waals surface area contributed by atoms with Gasteiger partial charge in [0.1, 0.15) is 18.1 Å². The third kappa shape index (κ3) is 5.96. The van der Waals surface area contributed by atoms with E-state index in [0.717, 1.165) is 16.1 Å². The van der Waals surface area contributed by atoms with Crippen LogP contribution in [0.25, 0.3) is 0 Å². The van der Waals surface area contributed by atoms with E-state index in [2.05, 4.69) is 26.5 Å². The molecule has 0 heterocycles. The molecule has 10 heteroatoms. The van der Waals surface area contributed by atoms with Gasteiger partial charge < -0.3 is 4.74 Å². The lowest BCUT2D eigenvalue weighted by atomic mass is 10.2. The number of aryl methyl sites for hydroxylation is 1. The molecule has 0 saturated heterocycles. The lowest BCUT2D eigenvalue weighted by Crippen LogP contribution is -2.39.